The van der Waals surface area contributed by atoms with Crippen molar-refractivity contribution < 1.29 is 28.5 Å². The van der Waals surface area contributed by atoms with E-state index in [0.29, 0.717) is 27.6 Å². The SMILES string of the molecule is CCOC(=O)C1=C(C)N=c2sc(=CC(=O)OC)c(=O)n2C1c1ccc(OC)c(OC)c1. The van der Waals surface area contributed by atoms with Gasteiger partial charge in [-0.25, -0.2) is 14.6 Å². The summed E-state index contributed by atoms with van der Waals surface area (Å²) < 4.78 is 22.1. The van der Waals surface area contributed by atoms with Crippen LogP contribution in [0.15, 0.2) is 39.3 Å². The largest absolute Gasteiger partial charge is 0.493 e. The molecule has 0 N–H and O–H groups in total. The summed E-state index contributed by atoms with van der Waals surface area (Å²) in [5.41, 5.74) is 0.777. The number of methoxy groups -OCH3 is 3. The highest BCUT2D eigenvalue weighted by Gasteiger charge is 2.34. The molecule has 1 aromatic carbocycles. The quantitative estimate of drug-likeness (QED) is 0.608. The number of aromatic nitrogens is 1. The fourth-order valence-corrected chi connectivity index (χ4v) is 4.30. The molecule has 0 fully saturated rings. The van der Waals surface area contributed by atoms with Gasteiger partial charge in [0, 0.05) is 6.08 Å². The van der Waals surface area contributed by atoms with E-state index in [0.717, 1.165) is 17.4 Å². The zero-order valence-electron chi connectivity index (χ0n) is 17.8. The molecule has 164 valence electrons. The molecule has 0 radical (unpaired) electrons. The first kappa shape index (κ1) is 22.3. The summed E-state index contributed by atoms with van der Waals surface area (Å²) in [6.45, 7) is 3.54. The van der Waals surface area contributed by atoms with Gasteiger partial charge in [-0.3, -0.25) is 9.36 Å². The van der Waals surface area contributed by atoms with E-state index < -0.39 is 23.5 Å². The lowest BCUT2D eigenvalue weighted by molar-refractivity contribution is -0.139. The molecule has 10 heteroatoms. The molecule has 1 aliphatic heterocycles. The molecule has 2 aromatic rings. The minimum Gasteiger partial charge on any atom is -0.493 e. The number of nitrogens with zero attached hydrogens (tertiary/aromatic N) is 2. The first-order valence-electron chi connectivity index (χ1n) is 9.35. The summed E-state index contributed by atoms with van der Waals surface area (Å²) in [5, 5.41) is 0. The van der Waals surface area contributed by atoms with Crippen molar-refractivity contribution in [2.45, 2.75) is 19.9 Å². The van der Waals surface area contributed by atoms with Crippen molar-refractivity contribution in [3.8, 4) is 11.5 Å². The van der Waals surface area contributed by atoms with Crippen LogP contribution in [-0.4, -0.2) is 44.4 Å². The molecule has 3 rings (SSSR count). The van der Waals surface area contributed by atoms with Crippen LogP contribution in [0.5, 0.6) is 11.5 Å². The fourth-order valence-electron chi connectivity index (χ4n) is 3.30. The Morgan fingerprint density at radius 1 is 1.19 bits per heavy atom. The fraction of sp³-hybridized carbons (Fsp3) is 0.333. The standard InChI is InChI=1S/C21H22N2O7S/c1-6-30-20(26)17-11(2)22-21-23(19(25)15(31-21)10-16(24)29-5)18(17)12-7-8-13(27-3)14(9-12)28-4/h7-10,18H,6H2,1-5H3. The van der Waals surface area contributed by atoms with Gasteiger partial charge in [0.15, 0.2) is 16.3 Å². The molecule has 1 aromatic heterocycles. The lowest BCUT2D eigenvalue weighted by atomic mass is 9.95. The van der Waals surface area contributed by atoms with E-state index in [9.17, 15) is 14.4 Å². The van der Waals surface area contributed by atoms with Gasteiger partial charge >= 0.3 is 11.9 Å². The highest BCUT2D eigenvalue weighted by molar-refractivity contribution is 7.07. The number of ether oxygens (including phenoxy) is 4. The number of esters is 2. The zero-order valence-corrected chi connectivity index (χ0v) is 18.6. The molecule has 2 heterocycles. The van der Waals surface area contributed by atoms with Gasteiger partial charge in [0.25, 0.3) is 5.56 Å². The van der Waals surface area contributed by atoms with E-state index >= 15 is 0 Å². The van der Waals surface area contributed by atoms with Gasteiger partial charge in [-0.1, -0.05) is 17.4 Å². The molecular weight excluding hydrogens is 424 g/mol. The molecule has 31 heavy (non-hydrogen) atoms. The minimum absolute atomic E-state index is 0.147. The summed E-state index contributed by atoms with van der Waals surface area (Å²) in [4.78, 5) is 42.5. The summed E-state index contributed by atoms with van der Waals surface area (Å²) in [6, 6.07) is 4.30. The summed E-state index contributed by atoms with van der Waals surface area (Å²) in [7, 11) is 4.24. The molecule has 0 bridgehead atoms. The van der Waals surface area contributed by atoms with E-state index in [-0.39, 0.29) is 16.7 Å². The van der Waals surface area contributed by atoms with Crippen LogP contribution < -0.4 is 24.4 Å². The second kappa shape index (κ2) is 9.17. The van der Waals surface area contributed by atoms with Crippen molar-refractivity contribution in [2.24, 2.45) is 4.99 Å². The zero-order chi connectivity index (χ0) is 22.7. The van der Waals surface area contributed by atoms with Gasteiger partial charge in [-0.05, 0) is 31.5 Å². The Morgan fingerprint density at radius 3 is 2.52 bits per heavy atom. The summed E-state index contributed by atoms with van der Waals surface area (Å²) >= 11 is 1.04. The van der Waals surface area contributed by atoms with Gasteiger partial charge in [0.05, 0.1) is 45.2 Å². The van der Waals surface area contributed by atoms with Gasteiger partial charge < -0.3 is 18.9 Å². The number of benzene rings is 1. The van der Waals surface area contributed by atoms with Crippen LogP contribution in [0.25, 0.3) is 6.08 Å². The summed E-state index contributed by atoms with van der Waals surface area (Å²) in [6.07, 6.45) is 1.11. The number of carbonyl (C=O) groups is 2. The van der Waals surface area contributed by atoms with Gasteiger partial charge in [0.1, 0.15) is 4.53 Å². The number of carbonyl (C=O) groups excluding carboxylic acids is 2. The number of thiazole rings is 1. The van der Waals surface area contributed by atoms with Crippen LogP contribution in [0.2, 0.25) is 0 Å². The lowest BCUT2D eigenvalue weighted by Crippen LogP contribution is -2.40. The first-order chi connectivity index (χ1) is 14.9. The molecule has 1 atom stereocenters. The van der Waals surface area contributed by atoms with Crippen molar-refractivity contribution in [2.75, 3.05) is 27.9 Å². The smallest absolute Gasteiger partial charge is 0.338 e. The van der Waals surface area contributed by atoms with E-state index in [4.69, 9.17) is 14.2 Å². The predicted molar refractivity (Wildman–Crippen MR) is 113 cm³/mol. The first-order valence-corrected chi connectivity index (χ1v) is 10.2. The Labute approximate surface area is 181 Å². The Morgan fingerprint density at radius 2 is 1.90 bits per heavy atom. The lowest BCUT2D eigenvalue weighted by Gasteiger charge is -2.25. The van der Waals surface area contributed by atoms with Gasteiger partial charge in [0.2, 0.25) is 0 Å². The third-order valence-corrected chi connectivity index (χ3v) is 5.67. The Balaban J connectivity index is 2.32. The molecule has 0 saturated carbocycles. The molecule has 0 amide bonds. The van der Waals surface area contributed by atoms with E-state index in [2.05, 4.69) is 9.73 Å². The monoisotopic (exact) mass is 446 g/mol. The molecule has 0 spiro atoms. The Bertz CT molecular complexity index is 1240. The van der Waals surface area contributed by atoms with Crippen molar-refractivity contribution in [1.29, 1.82) is 0 Å². The van der Waals surface area contributed by atoms with Crippen LogP contribution in [0.4, 0.5) is 0 Å². The highest BCUT2D eigenvalue weighted by atomic mass is 32.1. The van der Waals surface area contributed by atoms with Crippen LogP contribution in [-0.2, 0) is 19.1 Å². The third-order valence-electron chi connectivity index (χ3n) is 4.69. The van der Waals surface area contributed by atoms with Crippen molar-refractivity contribution >= 4 is 29.4 Å². The number of allylic oxidation sites excluding steroid dienone is 1. The van der Waals surface area contributed by atoms with Crippen molar-refractivity contribution in [3.05, 3.63) is 54.7 Å². The second-order valence-electron chi connectivity index (χ2n) is 6.44. The number of hydrogen-bond donors (Lipinski definition) is 0. The van der Waals surface area contributed by atoms with E-state index in [1.54, 1.807) is 32.0 Å². The molecule has 9 nitrogen and oxygen atoms in total. The maximum absolute atomic E-state index is 13.2. The Hall–Kier alpha value is -3.40. The van der Waals surface area contributed by atoms with Crippen LogP contribution in [0.3, 0.4) is 0 Å². The maximum Gasteiger partial charge on any atom is 0.338 e. The van der Waals surface area contributed by atoms with Gasteiger partial charge in [-0.2, -0.15) is 0 Å². The van der Waals surface area contributed by atoms with Crippen LogP contribution in [0.1, 0.15) is 25.5 Å². The third kappa shape index (κ3) is 4.11. The highest BCUT2D eigenvalue weighted by Crippen LogP contribution is 2.35. The van der Waals surface area contributed by atoms with Crippen LogP contribution in [0, 0.1) is 0 Å². The van der Waals surface area contributed by atoms with Crippen LogP contribution >= 0.6 is 11.3 Å². The second-order valence-corrected chi connectivity index (χ2v) is 7.45. The maximum atomic E-state index is 13.2. The van der Waals surface area contributed by atoms with Crippen molar-refractivity contribution in [1.82, 2.24) is 4.57 Å². The molecule has 0 aliphatic carbocycles. The number of fused-ring (bicyclic) bond motifs is 1. The Kier molecular flexibility index (Phi) is 6.59. The molecule has 1 unspecified atom stereocenters. The molecular formula is C21H22N2O7S. The summed E-state index contributed by atoms with van der Waals surface area (Å²) in [5.74, 6) is -0.294. The van der Waals surface area contributed by atoms with E-state index in [1.165, 1.54) is 25.9 Å². The molecule has 0 saturated heterocycles. The normalized spacial score (nSPS) is 15.8. The number of rotatable bonds is 6. The number of hydrogen-bond acceptors (Lipinski definition) is 9. The average molecular weight is 446 g/mol. The molecule has 1 aliphatic rings. The predicted octanol–water partition coefficient (Wildman–Crippen LogP) is 0.940. The van der Waals surface area contributed by atoms with E-state index in [1.807, 2.05) is 0 Å². The average Bonchev–Trinajstić information content (AvgIpc) is 3.06. The van der Waals surface area contributed by atoms with Crippen molar-refractivity contribution in [3.63, 3.8) is 0 Å². The van der Waals surface area contributed by atoms with Gasteiger partial charge in [-0.15, -0.1) is 0 Å². The minimum atomic E-state index is -0.824. The topological polar surface area (TPSA) is 105 Å².